The molecule has 0 atom stereocenters. The number of nitrogen functional groups attached to an aromatic ring is 1. The molecule has 0 spiro atoms. The number of amidine groups is 1. The molecule has 0 bridgehead atoms. The lowest BCUT2D eigenvalue weighted by Crippen LogP contribution is -2.13. The first-order valence-corrected chi connectivity index (χ1v) is 8.58. The van der Waals surface area contributed by atoms with Gasteiger partial charge in [0, 0.05) is 26.9 Å². The summed E-state index contributed by atoms with van der Waals surface area (Å²) >= 11 is 4.71. The molecule has 0 radical (unpaired) electrons. The number of sulfone groups is 1. The third kappa shape index (κ3) is 4.69. The van der Waals surface area contributed by atoms with Crippen molar-refractivity contribution in [3.63, 3.8) is 0 Å². The van der Waals surface area contributed by atoms with Crippen molar-refractivity contribution < 1.29 is 8.42 Å². The average molecular weight is 337 g/mol. The summed E-state index contributed by atoms with van der Waals surface area (Å²) in [5.74, 6) is 0.538. The monoisotopic (exact) mass is 336 g/mol. The van der Waals surface area contributed by atoms with Gasteiger partial charge < -0.3 is 5.73 Å². The van der Waals surface area contributed by atoms with E-state index in [9.17, 15) is 8.42 Å². The largest absolute Gasteiger partial charge is 0.384 e. The van der Waals surface area contributed by atoms with Gasteiger partial charge in [0.25, 0.3) is 0 Å². The highest BCUT2D eigenvalue weighted by molar-refractivity contribution is 9.10. The van der Waals surface area contributed by atoms with Gasteiger partial charge in [-0.05, 0) is 28.1 Å². The Balaban J connectivity index is 2.85. The number of thioether (sulfide) groups is 1. The molecule has 7 heteroatoms. The van der Waals surface area contributed by atoms with Crippen LogP contribution in [0.25, 0.3) is 0 Å². The fourth-order valence-electron chi connectivity index (χ4n) is 1.19. The van der Waals surface area contributed by atoms with Crippen molar-refractivity contribution in [3.8, 4) is 0 Å². The van der Waals surface area contributed by atoms with Crippen LogP contribution in [0.5, 0.6) is 0 Å². The first-order chi connectivity index (χ1) is 7.81. The summed E-state index contributed by atoms with van der Waals surface area (Å²) in [6.07, 6.45) is 1.21. The Bertz CT molecular complexity index is 529. The van der Waals surface area contributed by atoms with Crippen LogP contribution in [-0.2, 0) is 9.84 Å². The maximum absolute atomic E-state index is 11.0. The molecule has 0 saturated carbocycles. The molecule has 1 aromatic carbocycles. The number of benzene rings is 1. The Labute approximate surface area is 114 Å². The van der Waals surface area contributed by atoms with Crippen molar-refractivity contribution in [3.05, 3.63) is 28.2 Å². The van der Waals surface area contributed by atoms with Gasteiger partial charge in [-0.1, -0.05) is 6.07 Å². The fourth-order valence-corrected chi connectivity index (χ4v) is 4.20. The van der Waals surface area contributed by atoms with Gasteiger partial charge in [0.2, 0.25) is 0 Å². The van der Waals surface area contributed by atoms with Gasteiger partial charge in [0.15, 0.2) is 0 Å². The third-order valence-electron chi connectivity index (χ3n) is 1.96. The summed E-state index contributed by atoms with van der Waals surface area (Å²) in [5.41, 5.74) is 6.11. The molecule has 0 saturated heterocycles. The van der Waals surface area contributed by atoms with E-state index in [0.717, 1.165) is 9.37 Å². The lowest BCUT2D eigenvalue weighted by molar-refractivity contribution is 0.603. The van der Waals surface area contributed by atoms with E-state index >= 15 is 0 Å². The Kier molecular flexibility index (Phi) is 5.03. The minimum Gasteiger partial charge on any atom is -0.384 e. The van der Waals surface area contributed by atoms with Crippen molar-refractivity contribution in [2.45, 2.75) is 4.90 Å². The molecule has 0 aliphatic carbocycles. The van der Waals surface area contributed by atoms with E-state index < -0.39 is 9.84 Å². The van der Waals surface area contributed by atoms with E-state index in [1.54, 1.807) is 6.07 Å². The third-order valence-corrected chi connectivity index (χ3v) is 4.88. The lowest BCUT2D eigenvalue weighted by atomic mass is 10.2. The number of hydrogen-bond donors (Lipinski definition) is 2. The highest BCUT2D eigenvalue weighted by Gasteiger charge is 2.11. The topological polar surface area (TPSA) is 84.0 Å². The maximum Gasteiger partial charge on any atom is 0.148 e. The molecular formula is C10H13BrN2O2S2. The fraction of sp³-hybridized carbons (Fsp3) is 0.300. The summed E-state index contributed by atoms with van der Waals surface area (Å²) in [6.45, 7) is 0. The summed E-state index contributed by atoms with van der Waals surface area (Å²) in [5, 5.41) is 7.49. The number of hydrogen-bond acceptors (Lipinski definition) is 4. The second-order valence-corrected chi connectivity index (χ2v) is 7.76. The van der Waals surface area contributed by atoms with Crippen molar-refractivity contribution in [2.75, 3.05) is 17.8 Å². The van der Waals surface area contributed by atoms with Gasteiger partial charge in [-0.25, -0.2) is 8.42 Å². The zero-order chi connectivity index (χ0) is 13.1. The lowest BCUT2D eigenvalue weighted by Gasteiger charge is -2.09. The second kappa shape index (κ2) is 5.88. The molecule has 17 heavy (non-hydrogen) atoms. The Morgan fingerprint density at radius 3 is 2.71 bits per heavy atom. The predicted octanol–water partition coefficient (Wildman–Crippen LogP) is 1.87. The minimum absolute atomic E-state index is 0.0284. The van der Waals surface area contributed by atoms with Crippen LogP contribution in [0.2, 0.25) is 0 Å². The summed E-state index contributed by atoms with van der Waals surface area (Å²) in [7, 11) is -2.95. The Morgan fingerprint density at radius 2 is 2.18 bits per heavy atom. The first-order valence-electron chi connectivity index (χ1n) is 4.74. The van der Waals surface area contributed by atoms with Gasteiger partial charge in [-0.2, -0.15) is 0 Å². The standard InChI is InChI=1S/C10H13BrN2O2S2/c1-17(14,15)6-5-16-8-4-2-3-7(11)9(8)10(12)13/h2-4H,5-6H2,1H3,(H3,12,13). The Morgan fingerprint density at radius 1 is 1.53 bits per heavy atom. The van der Waals surface area contributed by atoms with Gasteiger partial charge in [-0.15, -0.1) is 11.8 Å². The van der Waals surface area contributed by atoms with E-state index in [2.05, 4.69) is 15.9 Å². The highest BCUT2D eigenvalue weighted by Crippen LogP contribution is 2.28. The number of halogens is 1. The van der Waals surface area contributed by atoms with E-state index in [0.29, 0.717) is 11.3 Å². The SMILES string of the molecule is CS(=O)(=O)CCSc1cccc(Br)c1C(=N)N. The molecule has 94 valence electrons. The average Bonchev–Trinajstić information content (AvgIpc) is 2.14. The van der Waals surface area contributed by atoms with Crippen LogP contribution >= 0.6 is 27.7 Å². The minimum atomic E-state index is -2.95. The smallest absolute Gasteiger partial charge is 0.148 e. The van der Waals surface area contributed by atoms with Crippen LogP contribution in [-0.4, -0.2) is 32.0 Å². The molecule has 0 aliphatic rings. The number of nitrogens with one attached hydrogen (secondary N) is 1. The molecule has 0 aliphatic heterocycles. The zero-order valence-corrected chi connectivity index (χ0v) is 12.5. The van der Waals surface area contributed by atoms with Crippen LogP contribution in [0.3, 0.4) is 0 Å². The molecule has 0 amide bonds. The van der Waals surface area contributed by atoms with Crippen molar-refractivity contribution in [2.24, 2.45) is 5.73 Å². The van der Waals surface area contributed by atoms with E-state index in [-0.39, 0.29) is 11.6 Å². The molecule has 1 aromatic rings. The van der Waals surface area contributed by atoms with Gasteiger partial charge in [0.05, 0.1) is 5.75 Å². The maximum atomic E-state index is 11.0. The molecule has 1 rings (SSSR count). The molecule has 0 aromatic heterocycles. The van der Waals surface area contributed by atoms with Crippen LogP contribution in [0.4, 0.5) is 0 Å². The zero-order valence-electron chi connectivity index (χ0n) is 9.23. The van der Waals surface area contributed by atoms with Crippen molar-refractivity contribution >= 4 is 43.4 Å². The number of rotatable bonds is 5. The van der Waals surface area contributed by atoms with E-state index in [4.69, 9.17) is 11.1 Å². The molecular weight excluding hydrogens is 324 g/mol. The second-order valence-electron chi connectivity index (χ2n) is 3.50. The summed E-state index contributed by atoms with van der Waals surface area (Å²) in [4.78, 5) is 0.815. The summed E-state index contributed by atoms with van der Waals surface area (Å²) < 4.78 is 22.8. The molecule has 0 fully saturated rings. The van der Waals surface area contributed by atoms with Gasteiger partial charge in [-0.3, -0.25) is 5.41 Å². The molecule has 3 N–H and O–H groups in total. The van der Waals surface area contributed by atoms with Crippen molar-refractivity contribution in [1.29, 1.82) is 5.41 Å². The predicted molar refractivity (Wildman–Crippen MR) is 75.6 cm³/mol. The van der Waals surface area contributed by atoms with Crippen LogP contribution in [0.1, 0.15) is 5.56 Å². The normalized spacial score (nSPS) is 11.4. The molecule has 0 heterocycles. The quantitative estimate of drug-likeness (QED) is 0.488. The highest BCUT2D eigenvalue weighted by atomic mass is 79.9. The van der Waals surface area contributed by atoms with E-state index in [1.165, 1.54) is 18.0 Å². The van der Waals surface area contributed by atoms with Crippen molar-refractivity contribution in [1.82, 2.24) is 0 Å². The van der Waals surface area contributed by atoms with Gasteiger partial charge >= 0.3 is 0 Å². The number of nitrogens with two attached hydrogens (primary N) is 1. The first kappa shape index (κ1) is 14.5. The molecule has 4 nitrogen and oxygen atoms in total. The van der Waals surface area contributed by atoms with Crippen LogP contribution in [0.15, 0.2) is 27.6 Å². The summed E-state index contributed by atoms with van der Waals surface area (Å²) in [6, 6.07) is 5.46. The van der Waals surface area contributed by atoms with Crippen LogP contribution in [0, 0.1) is 5.41 Å². The molecule has 0 unspecified atom stereocenters. The van der Waals surface area contributed by atoms with E-state index in [1.807, 2.05) is 12.1 Å². The van der Waals surface area contributed by atoms with Gasteiger partial charge in [0.1, 0.15) is 15.7 Å². The Hall–Kier alpha value is -0.530. The van der Waals surface area contributed by atoms with Crippen LogP contribution < -0.4 is 5.73 Å².